The van der Waals surface area contributed by atoms with Crippen LogP contribution < -0.4 is 9.46 Å². The van der Waals surface area contributed by atoms with E-state index in [1.807, 2.05) is 36.0 Å². The van der Waals surface area contributed by atoms with Crippen molar-refractivity contribution < 1.29 is 22.9 Å². The molecule has 9 nitrogen and oxygen atoms in total. The number of aromatic nitrogens is 1. The van der Waals surface area contributed by atoms with Crippen LogP contribution in [0, 0.1) is 10.1 Å². The van der Waals surface area contributed by atoms with Gasteiger partial charge in [0.05, 0.1) is 22.5 Å². The van der Waals surface area contributed by atoms with Crippen LogP contribution in [0.4, 0.5) is 5.69 Å². The second-order valence-electron chi connectivity index (χ2n) is 8.88. The van der Waals surface area contributed by atoms with E-state index in [-0.39, 0.29) is 21.9 Å². The average Bonchev–Trinajstić information content (AvgIpc) is 3.22. The van der Waals surface area contributed by atoms with Crippen molar-refractivity contribution in [3.63, 3.8) is 0 Å². The molecule has 5 rings (SSSR count). The third-order valence-corrected chi connectivity index (χ3v) is 7.76. The first-order valence-corrected chi connectivity index (χ1v) is 13.1. The quantitative estimate of drug-likeness (QED) is 0.235. The van der Waals surface area contributed by atoms with Crippen LogP contribution in [0.3, 0.4) is 0 Å². The van der Waals surface area contributed by atoms with E-state index in [1.165, 1.54) is 31.4 Å². The number of amides is 1. The van der Waals surface area contributed by atoms with Crippen LogP contribution in [0.1, 0.15) is 21.5 Å². The number of rotatable bonds is 7. The zero-order chi connectivity index (χ0) is 27.0. The Morgan fingerprint density at radius 3 is 2.50 bits per heavy atom. The monoisotopic (exact) mass is 529 g/mol. The standard InChI is InChI=1S/C28H23N3O6S/c1-30-17-21(24-16-22(31(33)34)9-11-26(24)30)13-18-7-12-27(37-2)25(14-18)28(32)29-38(35,36)23-10-8-19-5-3-4-6-20(19)15-23/h3-12,14-17H,13H2,1-2H3,(H,29,32). The molecule has 4 aromatic carbocycles. The SMILES string of the molecule is COc1ccc(Cc2cn(C)c3ccc([N+](=O)[O-])cc23)cc1C(=O)NS(=O)(=O)c1ccc2ccccc2c1. The van der Waals surface area contributed by atoms with Gasteiger partial charge in [0.15, 0.2) is 0 Å². The van der Waals surface area contributed by atoms with E-state index in [0.29, 0.717) is 12.0 Å². The van der Waals surface area contributed by atoms with Crippen LogP contribution in [0.25, 0.3) is 21.7 Å². The highest BCUT2D eigenvalue weighted by atomic mass is 32.2. The molecule has 5 aromatic rings. The Morgan fingerprint density at radius 2 is 1.76 bits per heavy atom. The lowest BCUT2D eigenvalue weighted by Crippen LogP contribution is -2.31. The zero-order valence-corrected chi connectivity index (χ0v) is 21.4. The van der Waals surface area contributed by atoms with Gasteiger partial charge in [-0.1, -0.05) is 36.4 Å². The summed E-state index contributed by atoms with van der Waals surface area (Å²) in [6.45, 7) is 0. The number of nitro groups is 1. The minimum absolute atomic E-state index is 0.0151. The van der Waals surface area contributed by atoms with Crippen LogP contribution in [0.2, 0.25) is 0 Å². The van der Waals surface area contributed by atoms with Gasteiger partial charge in [-0.3, -0.25) is 14.9 Å². The molecule has 1 amide bonds. The van der Waals surface area contributed by atoms with E-state index in [4.69, 9.17) is 4.74 Å². The second-order valence-corrected chi connectivity index (χ2v) is 10.6. The molecule has 0 aliphatic heterocycles. The van der Waals surface area contributed by atoms with Crippen molar-refractivity contribution in [1.29, 1.82) is 0 Å². The molecule has 0 atom stereocenters. The van der Waals surface area contributed by atoms with Gasteiger partial charge in [-0.25, -0.2) is 13.1 Å². The minimum atomic E-state index is -4.16. The Bertz CT molecular complexity index is 1840. The van der Waals surface area contributed by atoms with E-state index < -0.39 is 20.9 Å². The fourth-order valence-electron chi connectivity index (χ4n) is 4.55. The highest BCUT2D eigenvalue weighted by Gasteiger charge is 2.22. The topological polar surface area (TPSA) is 121 Å². The number of carbonyl (C=O) groups is 1. The molecule has 0 bridgehead atoms. The van der Waals surface area contributed by atoms with Gasteiger partial charge in [-0.05, 0) is 58.7 Å². The zero-order valence-electron chi connectivity index (χ0n) is 20.5. The molecule has 0 aliphatic rings. The molecular formula is C28H23N3O6S. The number of methoxy groups -OCH3 is 1. The molecular weight excluding hydrogens is 506 g/mol. The summed E-state index contributed by atoms with van der Waals surface area (Å²) in [5, 5.41) is 13.6. The fraction of sp³-hybridized carbons (Fsp3) is 0.107. The number of hydrogen-bond acceptors (Lipinski definition) is 6. The molecule has 192 valence electrons. The molecule has 10 heteroatoms. The number of nitrogens with zero attached hydrogens (tertiary/aromatic N) is 2. The lowest BCUT2D eigenvalue weighted by molar-refractivity contribution is -0.384. The van der Waals surface area contributed by atoms with Crippen molar-refractivity contribution in [1.82, 2.24) is 9.29 Å². The predicted molar refractivity (Wildman–Crippen MR) is 144 cm³/mol. The molecule has 38 heavy (non-hydrogen) atoms. The van der Waals surface area contributed by atoms with Gasteiger partial charge in [0, 0.05) is 36.3 Å². The first kappa shape index (κ1) is 25.0. The molecule has 0 unspecified atom stereocenters. The van der Waals surface area contributed by atoms with Crippen molar-refractivity contribution in [3.8, 4) is 5.75 Å². The van der Waals surface area contributed by atoms with Gasteiger partial charge in [0.2, 0.25) is 0 Å². The number of non-ortho nitro benzene ring substituents is 1. The Labute approximate surface area is 218 Å². The lowest BCUT2D eigenvalue weighted by atomic mass is 10.0. The van der Waals surface area contributed by atoms with Crippen molar-refractivity contribution in [2.24, 2.45) is 7.05 Å². The predicted octanol–water partition coefficient (Wildman–Crippen LogP) is 4.96. The van der Waals surface area contributed by atoms with Crippen molar-refractivity contribution in [2.45, 2.75) is 11.3 Å². The molecule has 1 aromatic heterocycles. The number of hydrogen-bond donors (Lipinski definition) is 1. The molecule has 0 radical (unpaired) electrons. The molecule has 1 heterocycles. The van der Waals surface area contributed by atoms with Crippen LogP contribution in [-0.4, -0.2) is 30.9 Å². The summed E-state index contributed by atoms with van der Waals surface area (Å²) in [4.78, 5) is 24.0. The van der Waals surface area contributed by atoms with E-state index in [0.717, 1.165) is 27.2 Å². The largest absolute Gasteiger partial charge is 0.496 e. The molecule has 0 saturated heterocycles. The van der Waals surface area contributed by atoms with E-state index in [1.54, 1.807) is 36.4 Å². The van der Waals surface area contributed by atoms with Gasteiger partial charge < -0.3 is 9.30 Å². The van der Waals surface area contributed by atoms with Crippen molar-refractivity contribution in [2.75, 3.05) is 7.11 Å². The van der Waals surface area contributed by atoms with Gasteiger partial charge >= 0.3 is 0 Å². The van der Waals surface area contributed by atoms with Crippen LogP contribution >= 0.6 is 0 Å². The number of aryl methyl sites for hydroxylation is 1. The van der Waals surface area contributed by atoms with Crippen molar-refractivity contribution >= 4 is 43.3 Å². The lowest BCUT2D eigenvalue weighted by Gasteiger charge is -2.12. The summed E-state index contributed by atoms with van der Waals surface area (Å²) in [5.74, 6) is -0.612. The number of sulfonamides is 1. The summed E-state index contributed by atoms with van der Waals surface area (Å²) in [7, 11) is -0.911. The Hall–Kier alpha value is -4.70. The van der Waals surface area contributed by atoms with E-state index in [9.17, 15) is 23.3 Å². The summed E-state index contributed by atoms with van der Waals surface area (Å²) in [6.07, 6.45) is 2.24. The Morgan fingerprint density at radius 1 is 1.00 bits per heavy atom. The van der Waals surface area contributed by atoms with Gasteiger partial charge in [0.1, 0.15) is 5.75 Å². The Kier molecular flexibility index (Phi) is 6.33. The summed E-state index contributed by atoms with van der Waals surface area (Å²) < 4.78 is 35.4. The van der Waals surface area contributed by atoms with E-state index in [2.05, 4.69) is 4.72 Å². The van der Waals surface area contributed by atoms with Crippen LogP contribution in [-0.2, 0) is 23.5 Å². The maximum absolute atomic E-state index is 13.2. The van der Waals surface area contributed by atoms with Gasteiger partial charge in [-0.2, -0.15) is 0 Å². The normalized spacial score (nSPS) is 11.5. The number of benzene rings is 4. The second kappa shape index (κ2) is 9.64. The summed E-state index contributed by atoms with van der Waals surface area (Å²) in [5.41, 5.74) is 2.40. The minimum Gasteiger partial charge on any atom is -0.496 e. The number of nitro benzene ring substituents is 1. The van der Waals surface area contributed by atoms with Crippen molar-refractivity contribution in [3.05, 3.63) is 112 Å². The Balaban J connectivity index is 1.46. The fourth-order valence-corrected chi connectivity index (χ4v) is 5.55. The molecule has 0 fully saturated rings. The molecule has 0 aliphatic carbocycles. The summed E-state index contributed by atoms with van der Waals surface area (Å²) >= 11 is 0. The van der Waals surface area contributed by atoms with E-state index >= 15 is 0 Å². The first-order valence-electron chi connectivity index (χ1n) is 11.6. The highest BCUT2D eigenvalue weighted by molar-refractivity contribution is 7.90. The van der Waals surface area contributed by atoms with Gasteiger partial charge in [0.25, 0.3) is 21.6 Å². The number of nitrogens with one attached hydrogen (secondary N) is 1. The highest BCUT2D eigenvalue weighted by Crippen LogP contribution is 2.29. The van der Waals surface area contributed by atoms with Crippen LogP contribution in [0.5, 0.6) is 5.75 Å². The molecule has 0 spiro atoms. The molecule has 0 saturated carbocycles. The van der Waals surface area contributed by atoms with Crippen LogP contribution in [0.15, 0.2) is 90.0 Å². The third-order valence-electron chi connectivity index (χ3n) is 6.43. The maximum atomic E-state index is 13.2. The number of fused-ring (bicyclic) bond motifs is 2. The number of carbonyl (C=O) groups excluding carboxylic acids is 1. The smallest absolute Gasteiger partial charge is 0.270 e. The van der Waals surface area contributed by atoms with Gasteiger partial charge in [-0.15, -0.1) is 0 Å². The number of ether oxygens (including phenoxy) is 1. The maximum Gasteiger partial charge on any atom is 0.270 e. The molecule has 1 N–H and O–H groups in total. The average molecular weight is 530 g/mol. The third kappa shape index (κ3) is 4.69. The summed E-state index contributed by atoms with van der Waals surface area (Å²) in [6, 6.07) is 21.6. The first-order chi connectivity index (χ1) is 18.2.